The van der Waals surface area contributed by atoms with Crippen LogP contribution in [0.4, 0.5) is 5.69 Å². The van der Waals surface area contributed by atoms with Crippen molar-refractivity contribution in [3.63, 3.8) is 0 Å². The first-order valence-corrected chi connectivity index (χ1v) is 11.0. The molecule has 1 heterocycles. The minimum atomic E-state index is -3.74. The molecule has 0 bridgehead atoms. The lowest BCUT2D eigenvalue weighted by Gasteiger charge is -2.49. The summed E-state index contributed by atoms with van der Waals surface area (Å²) in [5, 5.41) is 15.3. The van der Waals surface area contributed by atoms with Gasteiger partial charge in [0.1, 0.15) is 0 Å². The maximum Gasteiger partial charge on any atom is 0.241 e. The molecule has 2 aromatic carbocycles. The Morgan fingerprint density at radius 2 is 1.50 bits per heavy atom. The highest BCUT2D eigenvalue weighted by molar-refractivity contribution is 7.89. The van der Waals surface area contributed by atoms with Crippen molar-refractivity contribution in [2.45, 2.75) is 62.6 Å². The van der Waals surface area contributed by atoms with Gasteiger partial charge < -0.3 is 4.90 Å². The maximum absolute atomic E-state index is 13.3. The molecule has 3 rings (SSSR count). The summed E-state index contributed by atoms with van der Waals surface area (Å²) in [5.41, 5.74) is -0.297. The Balaban J connectivity index is 1.99. The van der Waals surface area contributed by atoms with Crippen LogP contribution in [-0.4, -0.2) is 44.7 Å². The van der Waals surface area contributed by atoms with Crippen molar-refractivity contribution in [3.8, 4) is 0 Å². The van der Waals surface area contributed by atoms with Crippen molar-refractivity contribution in [2.75, 3.05) is 19.0 Å². The molecule has 6 nitrogen and oxygen atoms in total. The molecule has 0 aromatic heterocycles. The normalized spacial score (nSPS) is 20.4. The Hall–Kier alpha value is -1.67. The molecule has 0 atom stereocenters. The van der Waals surface area contributed by atoms with Gasteiger partial charge in [0, 0.05) is 47.7 Å². The van der Waals surface area contributed by atoms with Crippen molar-refractivity contribution in [1.29, 1.82) is 0 Å². The fourth-order valence-electron chi connectivity index (χ4n) is 4.52. The lowest BCUT2D eigenvalue weighted by atomic mass is 9.79. The summed E-state index contributed by atoms with van der Waals surface area (Å²) in [6.45, 7) is 7.46. The van der Waals surface area contributed by atoms with Crippen LogP contribution in [0.15, 0.2) is 41.3 Å². The van der Waals surface area contributed by atoms with E-state index >= 15 is 0 Å². The highest BCUT2D eigenvalue weighted by Gasteiger charge is 2.47. The fraction of sp³-hybridized carbons (Fsp3) is 0.524. The van der Waals surface area contributed by atoms with Gasteiger partial charge in [0.2, 0.25) is 10.0 Å². The molecule has 0 aliphatic carbocycles. The Labute approximate surface area is 168 Å². The average molecular weight is 405 g/mol. The van der Waals surface area contributed by atoms with Crippen LogP contribution in [0.2, 0.25) is 0 Å². The van der Waals surface area contributed by atoms with E-state index in [2.05, 4.69) is 4.72 Å². The molecule has 7 heteroatoms. The molecule has 1 aliphatic heterocycles. The second-order valence-electron chi connectivity index (χ2n) is 9.17. The molecule has 0 unspecified atom stereocenters. The molecule has 153 valence electrons. The molecule has 1 aliphatic rings. The van der Waals surface area contributed by atoms with Gasteiger partial charge in [0.05, 0.1) is 4.90 Å². The van der Waals surface area contributed by atoms with Crippen LogP contribution in [0.25, 0.3) is 10.8 Å². The van der Waals surface area contributed by atoms with Gasteiger partial charge in [-0.3, -0.25) is 0 Å². The van der Waals surface area contributed by atoms with E-state index in [4.69, 9.17) is 0 Å². The van der Waals surface area contributed by atoms with Crippen molar-refractivity contribution in [2.24, 2.45) is 0 Å². The highest BCUT2D eigenvalue weighted by Crippen LogP contribution is 2.38. The minimum absolute atomic E-state index is 0.272. The molecular weight excluding hydrogens is 374 g/mol. The number of hydrogen-bond donors (Lipinski definition) is 1. The summed E-state index contributed by atoms with van der Waals surface area (Å²) in [5.74, 6) is 0. The number of piperidine rings is 1. The number of hydroxylamine groups is 2. The van der Waals surface area contributed by atoms with E-state index in [1.807, 2.05) is 71.0 Å². The maximum atomic E-state index is 13.3. The minimum Gasteiger partial charge on any atom is -0.377 e. The molecule has 0 amide bonds. The third-order valence-corrected chi connectivity index (χ3v) is 7.12. The topological polar surface area (TPSA) is 72.6 Å². The Kier molecular flexibility index (Phi) is 5.25. The van der Waals surface area contributed by atoms with E-state index in [-0.39, 0.29) is 10.9 Å². The SMILES string of the molecule is CN(C)c1cccc2c(S(=O)(=O)NC3CC(C)(C)N([O])C(C)(C)C3)cccc12. The van der Waals surface area contributed by atoms with Crippen LogP contribution < -0.4 is 9.62 Å². The second kappa shape index (κ2) is 6.99. The van der Waals surface area contributed by atoms with Crippen molar-refractivity contribution < 1.29 is 13.6 Å². The van der Waals surface area contributed by atoms with E-state index in [0.717, 1.165) is 16.1 Å². The summed E-state index contributed by atoms with van der Waals surface area (Å²) in [6.07, 6.45) is 0.930. The number of hydrogen-bond acceptors (Lipinski definition) is 4. The van der Waals surface area contributed by atoms with Crippen LogP contribution >= 0.6 is 0 Å². The van der Waals surface area contributed by atoms with Crippen LogP contribution in [0, 0.1) is 0 Å². The zero-order valence-electron chi connectivity index (χ0n) is 17.5. The van der Waals surface area contributed by atoms with E-state index in [0.29, 0.717) is 18.2 Å². The summed E-state index contributed by atoms with van der Waals surface area (Å²) in [4.78, 5) is 2.25. The van der Waals surface area contributed by atoms with E-state index in [1.54, 1.807) is 12.1 Å². The van der Waals surface area contributed by atoms with Crippen LogP contribution in [0.5, 0.6) is 0 Å². The standard InChI is InChI=1S/C21H30N3O3S/c1-20(2)13-15(14-21(3,4)24(20)25)22-28(26,27)19-12-8-9-16-17(19)10-7-11-18(16)23(5)6/h7-12,15,22H,13-14H2,1-6H3. The first-order valence-electron chi connectivity index (χ1n) is 9.54. The first kappa shape index (κ1) is 21.0. The van der Waals surface area contributed by atoms with Gasteiger partial charge >= 0.3 is 0 Å². The van der Waals surface area contributed by atoms with Gasteiger partial charge in [-0.2, -0.15) is 0 Å². The molecule has 0 saturated carbocycles. The number of anilines is 1. The van der Waals surface area contributed by atoms with E-state index in [9.17, 15) is 13.6 Å². The number of fused-ring (bicyclic) bond motifs is 1. The number of rotatable bonds is 4. The zero-order valence-corrected chi connectivity index (χ0v) is 18.3. The Morgan fingerprint density at radius 1 is 0.964 bits per heavy atom. The van der Waals surface area contributed by atoms with Crippen molar-refractivity contribution in [3.05, 3.63) is 36.4 Å². The van der Waals surface area contributed by atoms with E-state index < -0.39 is 21.1 Å². The predicted molar refractivity (Wildman–Crippen MR) is 112 cm³/mol. The molecule has 1 N–H and O–H groups in total. The second-order valence-corrected chi connectivity index (χ2v) is 10.9. The molecule has 0 spiro atoms. The highest BCUT2D eigenvalue weighted by atomic mass is 32.2. The van der Waals surface area contributed by atoms with Gasteiger partial charge in [0.15, 0.2) is 0 Å². The third-order valence-electron chi connectivity index (χ3n) is 5.54. The third kappa shape index (κ3) is 3.76. The number of nitrogens with one attached hydrogen (secondary N) is 1. The lowest BCUT2D eigenvalue weighted by molar-refractivity contribution is -0.289. The monoisotopic (exact) mass is 404 g/mol. The zero-order chi connectivity index (χ0) is 20.9. The predicted octanol–water partition coefficient (Wildman–Crippen LogP) is 3.55. The molecule has 1 radical (unpaired) electrons. The van der Waals surface area contributed by atoms with Crippen LogP contribution in [-0.2, 0) is 15.2 Å². The average Bonchev–Trinajstić information content (AvgIpc) is 2.57. The van der Waals surface area contributed by atoms with Gasteiger partial charge in [-0.25, -0.2) is 13.1 Å². The van der Waals surface area contributed by atoms with Crippen LogP contribution in [0.3, 0.4) is 0 Å². The summed E-state index contributed by atoms with van der Waals surface area (Å²) < 4.78 is 29.4. The van der Waals surface area contributed by atoms with E-state index in [1.165, 1.54) is 0 Å². The first-order chi connectivity index (χ1) is 12.8. The van der Waals surface area contributed by atoms with Crippen molar-refractivity contribution >= 4 is 26.5 Å². The fourth-order valence-corrected chi connectivity index (χ4v) is 5.98. The van der Waals surface area contributed by atoms with Gasteiger partial charge in [-0.15, -0.1) is 10.3 Å². The quantitative estimate of drug-likeness (QED) is 0.846. The molecule has 28 heavy (non-hydrogen) atoms. The Bertz CT molecular complexity index is 966. The number of nitrogens with zero attached hydrogens (tertiary/aromatic N) is 2. The lowest BCUT2D eigenvalue weighted by Crippen LogP contribution is -2.62. The summed E-state index contributed by atoms with van der Waals surface area (Å²) in [6, 6.07) is 10.7. The van der Waals surface area contributed by atoms with Crippen molar-refractivity contribution in [1.82, 2.24) is 9.79 Å². The number of benzene rings is 2. The van der Waals surface area contributed by atoms with Gasteiger partial charge in [-0.1, -0.05) is 24.3 Å². The van der Waals surface area contributed by atoms with Crippen LogP contribution in [0.1, 0.15) is 40.5 Å². The molecular formula is C21H30N3O3S. The van der Waals surface area contributed by atoms with Gasteiger partial charge in [-0.05, 0) is 52.7 Å². The largest absolute Gasteiger partial charge is 0.377 e. The summed E-state index contributed by atoms with van der Waals surface area (Å²) >= 11 is 0. The summed E-state index contributed by atoms with van der Waals surface area (Å²) in [7, 11) is 0.143. The smallest absolute Gasteiger partial charge is 0.241 e. The number of sulfonamides is 1. The molecule has 1 fully saturated rings. The molecule has 2 aromatic rings. The molecule has 1 saturated heterocycles. The van der Waals surface area contributed by atoms with Gasteiger partial charge in [0.25, 0.3) is 0 Å². The Morgan fingerprint density at radius 3 is 2.07 bits per heavy atom.